The van der Waals surface area contributed by atoms with Crippen LogP contribution in [0.5, 0.6) is 0 Å². The summed E-state index contributed by atoms with van der Waals surface area (Å²) in [6.07, 6.45) is 0. The van der Waals surface area contributed by atoms with Crippen molar-refractivity contribution in [3.05, 3.63) is 33.9 Å². The van der Waals surface area contributed by atoms with Crippen molar-refractivity contribution in [2.75, 3.05) is 32.2 Å². The summed E-state index contributed by atoms with van der Waals surface area (Å²) in [6, 6.07) is 3.92. The molecule has 0 heterocycles. The number of likely N-dealkylation sites (N-methyl/N-ethyl adjacent to an activating group) is 1. The minimum Gasteiger partial charge on any atom is -0.383 e. The first-order chi connectivity index (χ1) is 9.54. The molecule has 0 bridgehead atoms. The van der Waals surface area contributed by atoms with Crippen LogP contribution in [0.25, 0.3) is 0 Å². The smallest absolute Gasteiger partial charge is 0.270 e. The minimum atomic E-state index is -0.553. The molecule has 0 radical (unpaired) electrons. The number of ether oxygens (including phenoxy) is 1. The fourth-order valence-electron chi connectivity index (χ4n) is 1.72. The standard InChI is InChI=1S/C12H18N4O4/c1-3-15(6-7-20-2)12(17)10-8-9(16(18)19)4-5-11(10)14-13/h4-5,8,14H,3,6-7,13H2,1-2H3. The van der Waals surface area contributed by atoms with Gasteiger partial charge in [0.05, 0.1) is 22.8 Å². The molecule has 0 spiro atoms. The molecule has 0 aliphatic carbocycles. The summed E-state index contributed by atoms with van der Waals surface area (Å²) in [7, 11) is 1.54. The second kappa shape index (κ2) is 7.41. The van der Waals surface area contributed by atoms with Gasteiger partial charge in [0.15, 0.2) is 0 Å². The number of methoxy groups -OCH3 is 1. The molecule has 0 aromatic heterocycles. The van der Waals surface area contributed by atoms with Gasteiger partial charge < -0.3 is 15.1 Å². The maximum absolute atomic E-state index is 12.4. The molecule has 1 aromatic carbocycles. The fourth-order valence-corrected chi connectivity index (χ4v) is 1.72. The van der Waals surface area contributed by atoms with E-state index in [0.717, 1.165) is 0 Å². The summed E-state index contributed by atoms with van der Waals surface area (Å²) >= 11 is 0. The maximum atomic E-state index is 12.4. The highest BCUT2D eigenvalue weighted by molar-refractivity contribution is 6.00. The lowest BCUT2D eigenvalue weighted by Crippen LogP contribution is -2.34. The lowest BCUT2D eigenvalue weighted by atomic mass is 10.1. The van der Waals surface area contributed by atoms with E-state index in [1.807, 2.05) is 6.92 Å². The van der Waals surface area contributed by atoms with Crippen LogP contribution in [0.4, 0.5) is 11.4 Å². The van der Waals surface area contributed by atoms with Crippen molar-refractivity contribution in [1.29, 1.82) is 0 Å². The topological polar surface area (TPSA) is 111 Å². The van der Waals surface area contributed by atoms with Crippen molar-refractivity contribution in [2.45, 2.75) is 6.92 Å². The summed E-state index contributed by atoms with van der Waals surface area (Å²) in [5.41, 5.74) is 2.73. The quantitative estimate of drug-likeness (QED) is 0.438. The molecule has 1 rings (SSSR count). The zero-order valence-electron chi connectivity index (χ0n) is 11.5. The van der Waals surface area contributed by atoms with E-state index >= 15 is 0 Å². The average molecular weight is 282 g/mol. The molecule has 0 atom stereocenters. The van der Waals surface area contributed by atoms with Gasteiger partial charge in [0.25, 0.3) is 11.6 Å². The van der Waals surface area contributed by atoms with E-state index in [-0.39, 0.29) is 17.2 Å². The maximum Gasteiger partial charge on any atom is 0.270 e. The molecule has 110 valence electrons. The number of anilines is 1. The van der Waals surface area contributed by atoms with Crippen LogP contribution in [0, 0.1) is 10.1 Å². The average Bonchev–Trinajstić information content (AvgIpc) is 2.46. The normalized spacial score (nSPS) is 10.2. The highest BCUT2D eigenvalue weighted by atomic mass is 16.6. The van der Waals surface area contributed by atoms with Gasteiger partial charge in [-0.3, -0.25) is 20.8 Å². The number of hydrazine groups is 1. The van der Waals surface area contributed by atoms with Crippen LogP contribution in [0.3, 0.4) is 0 Å². The fraction of sp³-hybridized carbons (Fsp3) is 0.417. The zero-order valence-corrected chi connectivity index (χ0v) is 11.5. The van der Waals surface area contributed by atoms with Crippen LogP contribution in [-0.2, 0) is 4.74 Å². The highest BCUT2D eigenvalue weighted by Gasteiger charge is 2.20. The lowest BCUT2D eigenvalue weighted by molar-refractivity contribution is -0.384. The molecule has 0 saturated heterocycles. The summed E-state index contributed by atoms with van der Waals surface area (Å²) in [4.78, 5) is 24.2. The number of nitro benzene ring substituents is 1. The zero-order chi connectivity index (χ0) is 15.1. The number of nitrogens with zero attached hydrogens (tertiary/aromatic N) is 2. The SMILES string of the molecule is CCN(CCOC)C(=O)c1cc([N+](=O)[O-])ccc1NN. The van der Waals surface area contributed by atoms with Gasteiger partial charge in [-0.15, -0.1) is 0 Å². The molecule has 20 heavy (non-hydrogen) atoms. The Morgan fingerprint density at radius 3 is 2.75 bits per heavy atom. The summed E-state index contributed by atoms with van der Waals surface area (Å²) in [5, 5.41) is 10.8. The lowest BCUT2D eigenvalue weighted by Gasteiger charge is -2.21. The van der Waals surface area contributed by atoms with Crippen LogP contribution in [0.15, 0.2) is 18.2 Å². The predicted octanol–water partition coefficient (Wildman–Crippen LogP) is 0.989. The van der Waals surface area contributed by atoms with Crippen molar-refractivity contribution in [3.8, 4) is 0 Å². The van der Waals surface area contributed by atoms with Crippen LogP contribution in [-0.4, -0.2) is 42.5 Å². The Hall–Kier alpha value is -2.19. The Morgan fingerprint density at radius 2 is 2.25 bits per heavy atom. The van der Waals surface area contributed by atoms with Crippen molar-refractivity contribution >= 4 is 17.3 Å². The summed E-state index contributed by atoms with van der Waals surface area (Å²) in [6.45, 7) is 3.08. The number of nitrogens with one attached hydrogen (secondary N) is 1. The van der Waals surface area contributed by atoms with Crippen LogP contribution in [0.1, 0.15) is 17.3 Å². The molecule has 3 N–H and O–H groups in total. The third-order valence-electron chi connectivity index (χ3n) is 2.83. The Kier molecular flexibility index (Phi) is 5.88. The first-order valence-electron chi connectivity index (χ1n) is 6.08. The van der Waals surface area contributed by atoms with Gasteiger partial charge in [-0.2, -0.15) is 0 Å². The first-order valence-corrected chi connectivity index (χ1v) is 6.08. The molecule has 0 aliphatic rings. The molecule has 1 aromatic rings. The van der Waals surface area contributed by atoms with E-state index < -0.39 is 4.92 Å². The number of non-ortho nitro benzene ring substituents is 1. The highest BCUT2D eigenvalue weighted by Crippen LogP contribution is 2.22. The van der Waals surface area contributed by atoms with E-state index in [9.17, 15) is 14.9 Å². The van der Waals surface area contributed by atoms with Gasteiger partial charge in [-0.25, -0.2) is 0 Å². The largest absolute Gasteiger partial charge is 0.383 e. The number of nitrogens with two attached hydrogens (primary N) is 1. The van der Waals surface area contributed by atoms with Gasteiger partial charge in [0, 0.05) is 32.3 Å². The predicted molar refractivity (Wildman–Crippen MR) is 74.4 cm³/mol. The Balaban J connectivity index is 3.10. The molecular formula is C12H18N4O4. The first kappa shape index (κ1) is 15.9. The summed E-state index contributed by atoms with van der Waals surface area (Å²) in [5.74, 6) is 5.01. The van der Waals surface area contributed by atoms with E-state index in [1.54, 1.807) is 7.11 Å². The number of nitrogen functional groups attached to an aromatic ring is 1. The van der Waals surface area contributed by atoms with Crippen LogP contribution >= 0.6 is 0 Å². The van der Waals surface area contributed by atoms with Crippen molar-refractivity contribution in [3.63, 3.8) is 0 Å². The minimum absolute atomic E-state index is 0.157. The van der Waals surface area contributed by atoms with E-state index in [2.05, 4.69) is 5.43 Å². The van der Waals surface area contributed by atoms with Crippen molar-refractivity contribution in [1.82, 2.24) is 4.90 Å². The molecular weight excluding hydrogens is 264 g/mol. The van der Waals surface area contributed by atoms with Crippen LogP contribution in [0.2, 0.25) is 0 Å². The molecule has 0 unspecified atom stereocenters. The number of hydrogen-bond acceptors (Lipinski definition) is 6. The Morgan fingerprint density at radius 1 is 1.55 bits per heavy atom. The number of rotatable bonds is 7. The number of benzene rings is 1. The molecule has 0 aliphatic heterocycles. The number of hydrogen-bond donors (Lipinski definition) is 2. The Bertz CT molecular complexity index is 492. The molecule has 1 amide bonds. The van der Waals surface area contributed by atoms with E-state index in [4.69, 9.17) is 10.6 Å². The van der Waals surface area contributed by atoms with Gasteiger partial charge in [0.2, 0.25) is 0 Å². The number of nitro groups is 1. The van der Waals surface area contributed by atoms with Crippen molar-refractivity contribution < 1.29 is 14.5 Å². The van der Waals surface area contributed by atoms with Gasteiger partial charge >= 0.3 is 0 Å². The van der Waals surface area contributed by atoms with E-state index in [1.165, 1.54) is 23.1 Å². The third kappa shape index (κ3) is 3.65. The van der Waals surface area contributed by atoms with E-state index in [0.29, 0.717) is 25.4 Å². The van der Waals surface area contributed by atoms with Gasteiger partial charge in [-0.1, -0.05) is 0 Å². The van der Waals surface area contributed by atoms with Crippen molar-refractivity contribution in [2.24, 2.45) is 5.84 Å². The number of carbonyl (C=O) groups is 1. The summed E-state index contributed by atoms with van der Waals surface area (Å²) < 4.78 is 4.94. The van der Waals surface area contributed by atoms with Crippen LogP contribution < -0.4 is 11.3 Å². The second-order valence-electron chi connectivity index (χ2n) is 4.01. The number of carbonyl (C=O) groups excluding carboxylic acids is 1. The molecule has 8 heteroatoms. The van der Waals surface area contributed by atoms with Gasteiger partial charge in [0.1, 0.15) is 0 Å². The van der Waals surface area contributed by atoms with Gasteiger partial charge in [-0.05, 0) is 13.0 Å². The number of amides is 1. The monoisotopic (exact) mass is 282 g/mol. The third-order valence-corrected chi connectivity index (χ3v) is 2.83. The molecule has 0 fully saturated rings. The Labute approximate surface area is 116 Å². The molecule has 0 saturated carbocycles. The second-order valence-corrected chi connectivity index (χ2v) is 4.01. The molecule has 8 nitrogen and oxygen atoms in total.